The Labute approximate surface area is 156 Å². The van der Waals surface area contributed by atoms with Crippen LogP contribution in [0.15, 0.2) is 66.3 Å². The topological polar surface area (TPSA) is 90.4 Å². The van der Waals surface area contributed by atoms with Gasteiger partial charge in [-0.15, -0.1) is 0 Å². The van der Waals surface area contributed by atoms with Gasteiger partial charge in [0.05, 0.1) is 5.41 Å². The Kier molecular flexibility index (Phi) is 4.47. The van der Waals surface area contributed by atoms with E-state index in [1.54, 1.807) is 18.2 Å². The molecule has 3 aromatic rings. The van der Waals surface area contributed by atoms with Crippen molar-refractivity contribution in [1.29, 1.82) is 0 Å². The highest BCUT2D eigenvalue weighted by Gasteiger charge is 2.18. The molecular formula is C19H15N3O4S. The fraction of sp³-hybridized carbons (Fsp3) is 0.0526. The largest absolute Gasteiger partial charge is 0.454 e. The Balaban J connectivity index is 1.62. The van der Waals surface area contributed by atoms with Gasteiger partial charge in [0, 0.05) is 18.0 Å². The van der Waals surface area contributed by atoms with Crippen molar-refractivity contribution >= 4 is 21.9 Å². The first-order chi connectivity index (χ1) is 13.1. The summed E-state index contributed by atoms with van der Waals surface area (Å²) in [5.74, 6) is 1.35. The predicted molar refractivity (Wildman–Crippen MR) is 102 cm³/mol. The molecule has 2 aromatic carbocycles. The highest BCUT2D eigenvalue weighted by Crippen LogP contribution is 2.36. The molecule has 0 aliphatic carbocycles. The maximum atomic E-state index is 12.4. The second-order valence-corrected chi connectivity index (χ2v) is 7.25. The van der Waals surface area contributed by atoms with E-state index in [2.05, 4.69) is 14.7 Å². The summed E-state index contributed by atoms with van der Waals surface area (Å²) < 4.78 is 38.0. The first-order valence-electron chi connectivity index (χ1n) is 8.08. The van der Waals surface area contributed by atoms with E-state index >= 15 is 0 Å². The van der Waals surface area contributed by atoms with Gasteiger partial charge in [0.25, 0.3) is 10.0 Å². The molecule has 8 heteroatoms. The number of hydrogen-bond acceptors (Lipinski definition) is 6. The number of hydrogen-bond donors (Lipinski definition) is 1. The van der Waals surface area contributed by atoms with Crippen LogP contribution in [0.2, 0.25) is 0 Å². The molecule has 0 spiro atoms. The molecule has 0 saturated carbocycles. The number of aromatic nitrogens is 2. The first kappa shape index (κ1) is 17.0. The minimum Gasteiger partial charge on any atom is -0.454 e. The molecule has 0 fully saturated rings. The van der Waals surface area contributed by atoms with E-state index in [0.29, 0.717) is 22.8 Å². The van der Waals surface area contributed by atoms with E-state index in [9.17, 15) is 8.42 Å². The van der Waals surface area contributed by atoms with Gasteiger partial charge in [-0.1, -0.05) is 30.3 Å². The second kappa shape index (κ2) is 7.08. The summed E-state index contributed by atoms with van der Waals surface area (Å²) in [5.41, 5.74) is 1.84. The molecule has 0 atom stereocenters. The Morgan fingerprint density at radius 3 is 2.59 bits per heavy atom. The predicted octanol–water partition coefficient (Wildman–Crippen LogP) is 3.28. The molecule has 4 rings (SSSR count). The van der Waals surface area contributed by atoms with Crippen molar-refractivity contribution in [3.05, 3.63) is 71.9 Å². The molecule has 1 N–H and O–H groups in total. The highest BCUT2D eigenvalue weighted by molar-refractivity contribution is 7.95. The molecule has 2 heterocycles. The van der Waals surface area contributed by atoms with Gasteiger partial charge in [0.2, 0.25) is 6.79 Å². The molecule has 0 unspecified atom stereocenters. The van der Waals surface area contributed by atoms with Crippen LogP contribution in [0.1, 0.15) is 5.56 Å². The molecule has 7 nitrogen and oxygen atoms in total. The van der Waals surface area contributed by atoms with E-state index in [4.69, 9.17) is 9.47 Å². The van der Waals surface area contributed by atoms with E-state index in [0.717, 1.165) is 11.0 Å². The SMILES string of the molecule is O=S(=O)(/C=C/c1ccccc1)Nc1nccnc1-c1ccc2c(c1)OCO2. The van der Waals surface area contributed by atoms with Gasteiger partial charge in [-0.25, -0.2) is 13.4 Å². The van der Waals surface area contributed by atoms with Crippen LogP contribution in [0, 0.1) is 0 Å². The lowest BCUT2D eigenvalue weighted by molar-refractivity contribution is 0.174. The summed E-state index contributed by atoms with van der Waals surface area (Å²) in [4.78, 5) is 8.40. The van der Waals surface area contributed by atoms with E-state index in [-0.39, 0.29) is 12.6 Å². The summed E-state index contributed by atoms with van der Waals surface area (Å²) >= 11 is 0. The van der Waals surface area contributed by atoms with E-state index in [1.807, 2.05) is 30.3 Å². The zero-order valence-electron chi connectivity index (χ0n) is 14.1. The van der Waals surface area contributed by atoms with Gasteiger partial charge in [0.1, 0.15) is 5.69 Å². The van der Waals surface area contributed by atoms with E-state index < -0.39 is 10.0 Å². The smallest absolute Gasteiger partial charge is 0.256 e. The van der Waals surface area contributed by atoms with Crippen molar-refractivity contribution in [3.8, 4) is 22.8 Å². The van der Waals surface area contributed by atoms with Crippen LogP contribution in [0.5, 0.6) is 11.5 Å². The van der Waals surface area contributed by atoms with Crippen molar-refractivity contribution in [2.75, 3.05) is 11.5 Å². The number of ether oxygens (including phenoxy) is 2. The molecule has 1 aliphatic heterocycles. The van der Waals surface area contributed by atoms with Gasteiger partial charge in [0.15, 0.2) is 17.3 Å². The van der Waals surface area contributed by atoms with Crippen molar-refractivity contribution in [3.63, 3.8) is 0 Å². The van der Waals surface area contributed by atoms with Crippen LogP contribution in [0.25, 0.3) is 17.3 Å². The number of anilines is 1. The summed E-state index contributed by atoms with van der Waals surface area (Å²) in [5, 5.41) is 1.10. The van der Waals surface area contributed by atoms with Gasteiger partial charge in [-0.05, 0) is 29.8 Å². The van der Waals surface area contributed by atoms with Crippen molar-refractivity contribution in [2.24, 2.45) is 0 Å². The molecule has 0 amide bonds. The zero-order chi connectivity index (χ0) is 18.7. The summed E-state index contributed by atoms with van der Waals surface area (Å²) in [7, 11) is -3.76. The third kappa shape index (κ3) is 3.90. The third-order valence-electron chi connectivity index (χ3n) is 3.82. The fourth-order valence-electron chi connectivity index (χ4n) is 2.57. The van der Waals surface area contributed by atoms with Gasteiger partial charge >= 0.3 is 0 Å². The van der Waals surface area contributed by atoms with Crippen molar-refractivity contribution < 1.29 is 17.9 Å². The quantitative estimate of drug-likeness (QED) is 0.729. The number of sulfonamides is 1. The molecule has 1 aromatic heterocycles. The number of nitrogens with zero attached hydrogens (tertiary/aromatic N) is 2. The average molecular weight is 381 g/mol. The van der Waals surface area contributed by atoms with Crippen LogP contribution < -0.4 is 14.2 Å². The Morgan fingerprint density at radius 2 is 1.74 bits per heavy atom. The molecule has 136 valence electrons. The molecule has 1 aliphatic rings. The van der Waals surface area contributed by atoms with E-state index in [1.165, 1.54) is 18.5 Å². The molecule has 0 radical (unpaired) electrons. The molecule has 0 saturated heterocycles. The lowest BCUT2D eigenvalue weighted by atomic mass is 10.1. The lowest BCUT2D eigenvalue weighted by Crippen LogP contribution is -2.11. The summed E-state index contributed by atoms with van der Waals surface area (Å²) in [6.07, 6.45) is 4.44. The van der Waals surface area contributed by atoms with Crippen molar-refractivity contribution in [1.82, 2.24) is 9.97 Å². The number of benzene rings is 2. The zero-order valence-corrected chi connectivity index (χ0v) is 14.9. The van der Waals surface area contributed by atoms with Crippen LogP contribution in [0.4, 0.5) is 5.82 Å². The van der Waals surface area contributed by atoms with Crippen LogP contribution in [0.3, 0.4) is 0 Å². The Bertz CT molecular complexity index is 1100. The summed E-state index contributed by atoms with van der Waals surface area (Å²) in [6, 6.07) is 14.4. The minimum absolute atomic E-state index is 0.133. The first-order valence-corrected chi connectivity index (χ1v) is 9.62. The highest BCUT2D eigenvalue weighted by atomic mass is 32.2. The number of nitrogens with one attached hydrogen (secondary N) is 1. The van der Waals surface area contributed by atoms with Gasteiger partial charge in [-0.2, -0.15) is 0 Å². The number of fused-ring (bicyclic) bond motifs is 1. The van der Waals surface area contributed by atoms with Gasteiger partial charge in [-0.3, -0.25) is 9.71 Å². The lowest BCUT2D eigenvalue weighted by Gasteiger charge is -2.09. The maximum absolute atomic E-state index is 12.4. The molecular weight excluding hydrogens is 366 g/mol. The van der Waals surface area contributed by atoms with Crippen LogP contribution in [-0.2, 0) is 10.0 Å². The van der Waals surface area contributed by atoms with Crippen molar-refractivity contribution in [2.45, 2.75) is 0 Å². The number of rotatable bonds is 5. The Hall–Kier alpha value is -3.39. The standard InChI is InChI=1S/C19H15N3O4S/c23-27(24,11-8-14-4-2-1-3-5-14)22-19-18(20-9-10-21-19)15-6-7-16-17(12-15)26-13-25-16/h1-12H,13H2,(H,21,22)/b11-8+. The van der Waals surface area contributed by atoms with Gasteiger partial charge < -0.3 is 9.47 Å². The minimum atomic E-state index is -3.76. The summed E-state index contributed by atoms with van der Waals surface area (Å²) in [6.45, 7) is 0.156. The third-order valence-corrected chi connectivity index (χ3v) is 4.79. The molecule has 0 bridgehead atoms. The monoisotopic (exact) mass is 381 g/mol. The van der Waals surface area contributed by atoms with Crippen LogP contribution >= 0.6 is 0 Å². The normalized spacial score (nSPS) is 13.0. The van der Waals surface area contributed by atoms with Crippen LogP contribution in [-0.4, -0.2) is 25.2 Å². The maximum Gasteiger partial charge on any atom is 0.256 e. The second-order valence-electron chi connectivity index (χ2n) is 5.68. The Morgan fingerprint density at radius 1 is 0.963 bits per heavy atom. The molecule has 27 heavy (non-hydrogen) atoms. The average Bonchev–Trinajstić information content (AvgIpc) is 3.15. The fourth-order valence-corrected chi connectivity index (χ4v) is 3.39.